The van der Waals surface area contributed by atoms with Crippen molar-refractivity contribution >= 4 is 26.7 Å². The zero-order chi connectivity index (χ0) is 24.3. The highest BCUT2D eigenvalue weighted by Crippen LogP contribution is 2.29. The van der Waals surface area contributed by atoms with Crippen molar-refractivity contribution in [2.24, 2.45) is 0 Å². The van der Waals surface area contributed by atoms with Crippen LogP contribution in [0, 0.1) is 5.82 Å². The van der Waals surface area contributed by atoms with E-state index in [1.807, 2.05) is 48.5 Å². The van der Waals surface area contributed by atoms with E-state index in [-0.39, 0.29) is 6.54 Å². The summed E-state index contributed by atoms with van der Waals surface area (Å²) < 4.78 is 40.6. The number of nitrogens with zero attached hydrogens (tertiary/aromatic N) is 3. The molecule has 0 fully saturated rings. The highest BCUT2D eigenvalue weighted by Gasteiger charge is 2.23. The predicted octanol–water partition coefficient (Wildman–Crippen LogP) is 5.22. The minimum absolute atomic E-state index is 0.0409. The Hall–Kier alpha value is -3.36. The Morgan fingerprint density at radius 2 is 1.68 bits per heavy atom. The van der Waals surface area contributed by atoms with Gasteiger partial charge in [0.25, 0.3) is 0 Å². The Balaban J connectivity index is 1.65. The Kier molecular flexibility index (Phi) is 6.90. The van der Waals surface area contributed by atoms with Crippen LogP contribution in [0.25, 0.3) is 22.0 Å². The minimum Gasteiger partial charge on any atom is -0.365 e. The number of halogens is 1. The van der Waals surface area contributed by atoms with Gasteiger partial charge in [0.1, 0.15) is 18.0 Å². The van der Waals surface area contributed by atoms with E-state index in [1.165, 1.54) is 23.7 Å². The molecule has 0 aliphatic carbocycles. The number of hydrogen-bond acceptors (Lipinski definition) is 5. The Morgan fingerprint density at radius 1 is 0.971 bits per heavy atom. The Morgan fingerprint density at radius 3 is 2.41 bits per heavy atom. The average Bonchev–Trinajstić information content (AvgIpc) is 2.84. The van der Waals surface area contributed by atoms with Gasteiger partial charge in [0, 0.05) is 31.1 Å². The summed E-state index contributed by atoms with van der Waals surface area (Å²) in [4.78, 5) is 8.78. The lowest BCUT2D eigenvalue weighted by Gasteiger charge is -2.20. The SMILES string of the molecule is CC(C)S(=O)(=O)N(C)Cc1cc(-c2ccc3ncnc(NCc4ccccc4)c3c2)ccc1F. The van der Waals surface area contributed by atoms with Crippen LogP contribution in [-0.4, -0.2) is 35.0 Å². The van der Waals surface area contributed by atoms with Crippen LogP contribution < -0.4 is 5.32 Å². The molecule has 8 heteroatoms. The van der Waals surface area contributed by atoms with Gasteiger partial charge in [0.05, 0.1) is 10.8 Å². The lowest BCUT2D eigenvalue weighted by atomic mass is 10.0. The summed E-state index contributed by atoms with van der Waals surface area (Å²) in [5.41, 5.74) is 3.89. The van der Waals surface area contributed by atoms with Crippen LogP contribution >= 0.6 is 0 Å². The molecule has 176 valence electrons. The summed E-state index contributed by atoms with van der Waals surface area (Å²) in [6.45, 7) is 3.80. The molecule has 0 aliphatic rings. The summed E-state index contributed by atoms with van der Waals surface area (Å²) in [5, 5.41) is 3.64. The molecule has 4 aromatic rings. The number of fused-ring (bicyclic) bond motifs is 1. The molecule has 34 heavy (non-hydrogen) atoms. The number of aromatic nitrogens is 2. The van der Waals surface area contributed by atoms with Crippen molar-refractivity contribution < 1.29 is 12.8 Å². The maximum absolute atomic E-state index is 14.6. The van der Waals surface area contributed by atoms with Gasteiger partial charge in [0.2, 0.25) is 10.0 Å². The first kappa shape index (κ1) is 23.8. The van der Waals surface area contributed by atoms with Crippen molar-refractivity contribution in [3.8, 4) is 11.1 Å². The maximum Gasteiger partial charge on any atom is 0.216 e. The molecule has 0 saturated heterocycles. The zero-order valence-electron chi connectivity index (χ0n) is 19.4. The molecule has 3 aromatic carbocycles. The quantitative estimate of drug-likeness (QED) is 0.376. The molecule has 0 atom stereocenters. The molecule has 0 spiro atoms. The summed E-state index contributed by atoms with van der Waals surface area (Å²) in [7, 11) is -2.02. The lowest BCUT2D eigenvalue weighted by Crippen LogP contribution is -2.32. The van der Waals surface area contributed by atoms with Crippen LogP contribution in [0.3, 0.4) is 0 Å². The highest BCUT2D eigenvalue weighted by molar-refractivity contribution is 7.89. The van der Waals surface area contributed by atoms with E-state index >= 15 is 0 Å². The molecule has 0 amide bonds. The molecule has 0 aliphatic heterocycles. The van der Waals surface area contributed by atoms with Crippen LogP contribution in [-0.2, 0) is 23.1 Å². The number of rotatable bonds is 8. The normalized spacial score (nSPS) is 11.9. The van der Waals surface area contributed by atoms with Crippen molar-refractivity contribution in [2.75, 3.05) is 12.4 Å². The van der Waals surface area contributed by atoms with E-state index in [1.54, 1.807) is 26.0 Å². The Bertz CT molecular complexity index is 1410. The van der Waals surface area contributed by atoms with E-state index in [0.29, 0.717) is 17.9 Å². The fraction of sp³-hybridized carbons (Fsp3) is 0.231. The molecular formula is C26H27FN4O2S. The van der Waals surface area contributed by atoms with Crippen molar-refractivity contribution in [1.82, 2.24) is 14.3 Å². The summed E-state index contributed by atoms with van der Waals surface area (Å²) in [6, 6.07) is 20.6. The number of sulfonamides is 1. The fourth-order valence-electron chi connectivity index (χ4n) is 3.72. The van der Waals surface area contributed by atoms with Crippen LogP contribution in [0.15, 0.2) is 73.1 Å². The van der Waals surface area contributed by atoms with Crippen molar-refractivity contribution in [3.05, 3.63) is 90.0 Å². The molecule has 6 nitrogen and oxygen atoms in total. The van der Waals surface area contributed by atoms with E-state index in [9.17, 15) is 12.8 Å². The molecule has 0 radical (unpaired) electrons. The summed E-state index contributed by atoms with van der Waals surface area (Å²) in [5.74, 6) is 0.268. The molecule has 4 rings (SSSR count). The molecular weight excluding hydrogens is 451 g/mol. The van der Waals surface area contributed by atoms with Gasteiger partial charge in [-0.1, -0.05) is 42.5 Å². The van der Waals surface area contributed by atoms with E-state index in [2.05, 4.69) is 15.3 Å². The minimum atomic E-state index is -3.49. The van der Waals surface area contributed by atoms with Gasteiger partial charge in [-0.3, -0.25) is 0 Å². The van der Waals surface area contributed by atoms with E-state index < -0.39 is 21.1 Å². The molecule has 0 unspecified atom stereocenters. The van der Waals surface area contributed by atoms with Crippen LogP contribution in [0.1, 0.15) is 25.0 Å². The van der Waals surface area contributed by atoms with Crippen molar-refractivity contribution in [3.63, 3.8) is 0 Å². The fourth-order valence-corrected chi connectivity index (χ4v) is 4.76. The summed E-state index contributed by atoms with van der Waals surface area (Å²) in [6.07, 6.45) is 1.52. The van der Waals surface area contributed by atoms with Gasteiger partial charge in [-0.15, -0.1) is 0 Å². The molecule has 0 bridgehead atoms. The largest absolute Gasteiger partial charge is 0.365 e. The number of hydrogen-bond donors (Lipinski definition) is 1. The first-order valence-electron chi connectivity index (χ1n) is 11.0. The van der Waals surface area contributed by atoms with Crippen LogP contribution in [0.4, 0.5) is 10.2 Å². The predicted molar refractivity (Wildman–Crippen MR) is 134 cm³/mol. The summed E-state index contributed by atoms with van der Waals surface area (Å²) >= 11 is 0. The number of benzene rings is 3. The van der Waals surface area contributed by atoms with Gasteiger partial charge < -0.3 is 5.32 Å². The van der Waals surface area contributed by atoms with E-state index in [4.69, 9.17) is 0 Å². The van der Waals surface area contributed by atoms with Gasteiger partial charge in [-0.25, -0.2) is 27.1 Å². The number of nitrogens with one attached hydrogen (secondary N) is 1. The topological polar surface area (TPSA) is 75.2 Å². The third kappa shape index (κ3) is 5.08. The maximum atomic E-state index is 14.6. The van der Waals surface area contributed by atoms with Crippen molar-refractivity contribution in [2.45, 2.75) is 32.2 Å². The standard InChI is InChI=1S/C26H27FN4O2S/c1-18(2)34(32,33)31(3)16-22-13-20(9-11-24(22)27)21-10-12-25-23(14-21)26(30-17-29-25)28-15-19-7-5-4-6-8-19/h4-14,17-18H,15-16H2,1-3H3,(H,28,29,30). The molecule has 1 aromatic heterocycles. The molecule has 1 N–H and O–H groups in total. The first-order valence-corrected chi connectivity index (χ1v) is 12.5. The first-order chi connectivity index (χ1) is 16.3. The van der Waals surface area contributed by atoms with Gasteiger partial charge in [0.15, 0.2) is 0 Å². The van der Waals surface area contributed by atoms with E-state index in [0.717, 1.165) is 27.6 Å². The second-order valence-electron chi connectivity index (χ2n) is 8.45. The smallest absolute Gasteiger partial charge is 0.216 e. The molecule has 0 saturated carbocycles. The van der Waals surface area contributed by atoms with Crippen molar-refractivity contribution in [1.29, 1.82) is 0 Å². The zero-order valence-corrected chi connectivity index (χ0v) is 20.2. The third-order valence-corrected chi connectivity index (χ3v) is 7.93. The third-order valence-electron chi connectivity index (χ3n) is 5.74. The van der Waals surface area contributed by atoms with Gasteiger partial charge >= 0.3 is 0 Å². The average molecular weight is 479 g/mol. The highest BCUT2D eigenvalue weighted by atomic mass is 32.2. The van der Waals surface area contributed by atoms with Gasteiger partial charge in [-0.2, -0.15) is 0 Å². The van der Waals surface area contributed by atoms with Crippen LogP contribution in [0.5, 0.6) is 0 Å². The Labute approximate surface area is 199 Å². The monoisotopic (exact) mass is 478 g/mol. The lowest BCUT2D eigenvalue weighted by molar-refractivity contribution is 0.450. The number of anilines is 1. The van der Waals surface area contributed by atoms with Gasteiger partial charge in [-0.05, 0) is 54.8 Å². The second kappa shape index (κ2) is 9.87. The van der Waals surface area contributed by atoms with Crippen LogP contribution in [0.2, 0.25) is 0 Å². The molecule has 1 heterocycles. The second-order valence-corrected chi connectivity index (χ2v) is 11.0.